The number of rotatable bonds is 4. The highest BCUT2D eigenvalue weighted by atomic mass is 35.5. The standard InChI is InChI=1S/C11H12ClN3O/c1-16-8-2-3-10(9(12)6-8)15-7-11-13-4-5-14-11/h2-6,15H,7H2,1H3,(H,13,14). The van der Waals surface area contributed by atoms with Crippen molar-refractivity contribution in [2.45, 2.75) is 6.54 Å². The first-order valence-corrected chi connectivity index (χ1v) is 5.23. The molecule has 1 heterocycles. The fraction of sp³-hybridized carbons (Fsp3) is 0.182. The average molecular weight is 238 g/mol. The second-order valence-electron chi connectivity index (χ2n) is 3.24. The summed E-state index contributed by atoms with van der Waals surface area (Å²) >= 11 is 6.08. The first-order chi connectivity index (χ1) is 7.79. The van der Waals surface area contributed by atoms with Gasteiger partial charge in [-0.25, -0.2) is 4.98 Å². The number of benzene rings is 1. The number of nitrogens with zero attached hydrogens (tertiary/aromatic N) is 1. The lowest BCUT2D eigenvalue weighted by molar-refractivity contribution is 0.415. The van der Waals surface area contributed by atoms with Gasteiger partial charge in [0.05, 0.1) is 24.4 Å². The number of halogens is 1. The zero-order valence-corrected chi connectivity index (χ0v) is 9.58. The molecule has 0 spiro atoms. The first kappa shape index (κ1) is 10.8. The van der Waals surface area contributed by atoms with E-state index >= 15 is 0 Å². The molecule has 5 heteroatoms. The summed E-state index contributed by atoms with van der Waals surface area (Å²) in [6, 6.07) is 5.51. The van der Waals surface area contributed by atoms with Crippen LogP contribution in [0, 0.1) is 0 Å². The van der Waals surface area contributed by atoms with E-state index in [1.807, 2.05) is 12.1 Å². The maximum atomic E-state index is 6.08. The number of ether oxygens (including phenoxy) is 1. The number of methoxy groups -OCH3 is 1. The van der Waals surface area contributed by atoms with Crippen LogP contribution in [0.2, 0.25) is 5.02 Å². The van der Waals surface area contributed by atoms with Crippen LogP contribution in [0.3, 0.4) is 0 Å². The van der Waals surface area contributed by atoms with Crippen LogP contribution in [0.25, 0.3) is 0 Å². The van der Waals surface area contributed by atoms with Crippen LogP contribution in [0.1, 0.15) is 5.82 Å². The Labute approximate surface area is 98.6 Å². The molecule has 0 aliphatic carbocycles. The highest BCUT2D eigenvalue weighted by molar-refractivity contribution is 6.33. The molecule has 0 saturated carbocycles. The molecule has 2 N–H and O–H groups in total. The number of nitrogens with one attached hydrogen (secondary N) is 2. The summed E-state index contributed by atoms with van der Waals surface area (Å²) in [6.07, 6.45) is 3.50. The van der Waals surface area contributed by atoms with E-state index < -0.39 is 0 Å². The number of H-pyrrole nitrogens is 1. The van der Waals surface area contributed by atoms with Crippen LogP contribution in [0.5, 0.6) is 5.75 Å². The van der Waals surface area contributed by atoms with Crippen LogP contribution in [-0.4, -0.2) is 17.1 Å². The molecule has 0 radical (unpaired) electrons. The summed E-state index contributed by atoms with van der Waals surface area (Å²) in [7, 11) is 1.61. The van der Waals surface area contributed by atoms with Crippen molar-refractivity contribution in [2.75, 3.05) is 12.4 Å². The Morgan fingerprint density at radius 1 is 1.50 bits per heavy atom. The molecule has 0 aliphatic heterocycles. The van der Waals surface area contributed by atoms with Gasteiger partial charge in [-0.05, 0) is 12.1 Å². The maximum absolute atomic E-state index is 6.08. The molecular weight excluding hydrogens is 226 g/mol. The van der Waals surface area contributed by atoms with Gasteiger partial charge in [0.1, 0.15) is 11.6 Å². The van der Waals surface area contributed by atoms with Crippen LogP contribution in [0.4, 0.5) is 5.69 Å². The van der Waals surface area contributed by atoms with Crippen molar-refractivity contribution in [1.82, 2.24) is 9.97 Å². The zero-order chi connectivity index (χ0) is 11.4. The van der Waals surface area contributed by atoms with Crippen molar-refractivity contribution >= 4 is 17.3 Å². The number of aromatic amines is 1. The third kappa shape index (κ3) is 2.46. The highest BCUT2D eigenvalue weighted by Crippen LogP contribution is 2.26. The molecule has 2 aromatic rings. The predicted octanol–water partition coefficient (Wildman–Crippen LogP) is 2.68. The minimum atomic E-state index is 0.610. The van der Waals surface area contributed by atoms with Gasteiger partial charge in [0, 0.05) is 18.5 Å². The van der Waals surface area contributed by atoms with Crippen molar-refractivity contribution in [3.05, 3.63) is 41.4 Å². The number of anilines is 1. The molecular formula is C11H12ClN3O. The summed E-state index contributed by atoms with van der Waals surface area (Å²) in [6.45, 7) is 0.610. The molecule has 0 amide bonds. The number of aromatic nitrogens is 2. The summed E-state index contributed by atoms with van der Waals surface area (Å²) in [5.41, 5.74) is 0.860. The molecule has 0 saturated heterocycles. The van der Waals surface area contributed by atoms with Crippen LogP contribution in [-0.2, 0) is 6.54 Å². The lowest BCUT2D eigenvalue weighted by atomic mass is 10.3. The van der Waals surface area contributed by atoms with Gasteiger partial charge in [-0.15, -0.1) is 0 Å². The summed E-state index contributed by atoms with van der Waals surface area (Å²) in [4.78, 5) is 7.12. The van der Waals surface area contributed by atoms with Crippen molar-refractivity contribution in [2.24, 2.45) is 0 Å². The molecule has 0 fully saturated rings. The van der Waals surface area contributed by atoms with Gasteiger partial charge < -0.3 is 15.0 Å². The molecule has 2 rings (SSSR count). The first-order valence-electron chi connectivity index (χ1n) is 4.85. The Morgan fingerprint density at radius 3 is 3.00 bits per heavy atom. The molecule has 16 heavy (non-hydrogen) atoms. The SMILES string of the molecule is COc1ccc(NCc2ncc[nH]2)c(Cl)c1. The molecule has 0 aliphatic rings. The predicted molar refractivity (Wildman–Crippen MR) is 63.9 cm³/mol. The highest BCUT2D eigenvalue weighted by Gasteiger charge is 2.02. The van der Waals surface area contributed by atoms with E-state index in [1.54, 1.807) is 25.6 Å². The Bertz CT molecular complexity index is 456. The largest absolute Gasteiger partial charge is 0.497 e. The smallest absolute Gasteiger partial charge is 0.125 e. The summed E-state index contributed by atoms with van der Waals surface area (Å²) in [5, 5.41) is 3.82. The fourth-order valence-electron chi connectivity index (χ4n) is 1.34. The van der Waals surface area contributed by atoms with E-state index in [9.17, 15) is 0 Å². The van der Waals surface area contributed by atoms with E-state index in [2.05, 4.69) is 15.3 Å². The lowest BCUT2D eigenvalue weighted by Crippen LogP contribution is -2.01. The molecule has 0 bridgehead atoms. The Hall–Kier alpha value is -1.68. The molecule has 0 unspecified atom stereocenters. The van der Waals surface area contributed by atoms with Gasteiger partial charge in [0.2, 0.25) is 0 Å². The summed E-state index contributed by atoms with van der Waals surface area (Å²) < 4.78 is 5.07. The van der Waals surface area contributed by atoms with Gasteiger partial charge in [0.25, 0.3) is 0 Å². The van der Waals surface area contributed by atoms with Gasteiger partial charge in [-0.1, -0.05) is 11.6 Å². The van der Waals surface area contributed by atoms with Crippen molar-refractivity contribution in [3.63, 3.8) is 0 Å². The topological polar surface area (TPSA) is 49.9 Å². The van der Waals surface area contributed by atoms with Crippen molar-refractivity contribution in [1.29, 1.82) is 0 Å². The minimum absolute atomic E-state index is 0.610. The molecule has 4 nitrogen and oxygen atoms in total. The van der Waals surface area contributed by atoms with Gasteiger partial charge in [-0.3, -0.25) is 0 Å². The average Bonchev–Trinajstić information content (AvgIpc) is 2.80. The van der Waals surface area contributed by atoms with E-state index in [-0.39, 0.29) is 0 Å². The van der Waals surface area contributed by atoms with Crippen LogP contribution in [0.15, 0.2) is 30.6 Å². The van der Waals surface area contributed by atoms with Crippen molar-refractivity contribution < 1.29 is 4.74 Å². The van der Waals surface area contributed by atoms with Crippen LogP contribution >= 0.6 is 11.6 Å². The Balaban J connectivity index is 2.04. The summed E-state index contributed by atoms with van der Waals surface area (Å²) in [5.74, 6) is 1.61. The van der Waals surface area contributed by atoms with Crippen LogP contribution < -0.4 is 10.1 Å². The normalized spacial score (nSPS) is 10.1. The fourth-order valence-corrected chi connectivity index (χ4v) is 1.58. The van der Waals surface area contributed by atoms with Gasteiger partial charge in [0.15, 0.2) is 0 Å². The van der Waals surface area contributed by atoms with E-state index in [0.29, 0.717) is 11.6 Å². The third-order valence-electron chi connectivity index (χ3n) is 2.18. The third-order valence-corrected chi connectivity index (χ3v) is 2.49. The molecule has 1 aromatic heterocycles. The lowest BCUT2D eigenvalue weighted by Gasteiger charge is -2.08. The zero-order valence-electron chi connectivity index (χ0n) is 8.83. The number of hydrogen-bond acceptors (Lipinski definition) is 3. The minimum Gasteiger partial charge on any atom is -0.497 e. The molecule has 84 valence electrons. The van der Waals surface area contributed by atoms with E-state index in [4.69, 9.17) is 16.3 Å². The second-order valence-corrected chi connectivity index (χ2v) is 3.64. The monoisotopic (exact) mass is 237 g/mol. The molecule has 1 aromatic carbocycles. The van der Waals surface area contributed by atoms with E-state index in [0.717, 1.165) is 17.3 Å². The quantitative estimate of drug-likeness (QED) is 0.860. The Kier molecular flexibility index (Phi) is 3.31. The van der Waals surface area contributed by atoms with Crippen molar-refractivity contribution in [3.8, 4) is 5.75 Å². The Morgan fingerprint density at radius 2 is 2.38 bits per heavy atom. The maximum Gasteiger partial charge on any atom is 0.125 e. The number of hydrogen-bond donors (Lipinski definition) is 2. The van der Waals surface area contributed by atoms with E-state index in [1.165, 1.54) is 0 Å². The number of imidazole rings is 1. The van der Waals surface area contributed by atoms with Gasteiger partial charge >= 0.3 is 0 Å². The van der Waals surface area contributed by atoms with Gasteiger partial charge in [-0.2, -0.15) is 0 Å². The second kappa shape index (κ2) is 4.90. The molecule has 0 atom stereocenters.